The maximum absolute atomic E-state index is 4.46. The highest BCUT2D eigenvalue weighted by Gasteiger charge is 2.09. The zero-order valence-electron chi connectivity index (χ0n) is 9.29. The molecule has 0 radical (unpaired) electrons. The minimum atomic E-state index is 0.514. The van der Waals surface area contributed by atoms with Gasteiger partial charge in [0.1, 0.15) is 0 Å². The summed E-state index contributed by atoms with van der Waals surface area (Å²) in [7, 11) is 0. The van der Waals surface area contributed by atoms with Crippen LogP contribution in [0.15, 0.2) is 36.3 Å². The van der Waals surface area contributed by atoms with E-state index in [2.05, 4.69) is 32.2 Å². The van der Waals surface area contributed by atoms with Gasteiger partial charge in [0.2, 0.25) is 5.82 Å². The highest BCUT2D eigenvalue weighted by Crippen LogP contribution is 2.24. The average molecular weight is 245 g/mol. The summed E-state index contributed by atoms with van der Waals surface area (Å²) >= 11 is 1.48. The van der Waals surface area contributed by atoms with Crippen LogP contribution in [0.4, 0.5) is 0 Å². The van der Waals surface area contributed by atoms with Crippen LogP contribution in [0.2, 0.25) is 0 Å². The van der Waals surface area contributed by atoms with Crippen LogP contribution in [0, 0.1) is 0 Å². The molecule has 2 aromatic rings. The topological polar surface area (TPSA) is 67.3 Å². The molecule has 17 heavy (non-hydrogen) atoms. The molecular weight excluding hydrogens is 234 g/mol. The van der Waals surface area contributed by atoms with E-state index in [1.54, 1.807) is 6.08 Å². The van der Waals surface area contributed by atoms with Gasteiger partial charge in [0, 0.05) is 11.0 Å². The van der Waals surface area contributed by atoms with Crippen molar-refractivity contribution in [1.29, 1.82) is 0 Å². The van der Waals surface area contributed by atoms with Gasteiger partial charge in [0.05, 0.1) is 5.69 Å². The number of aromatic nitrogens is 5. The van der Waals surface area contributed by atoms with E-state index in [4.69, 9.17) is 0 Å². The molecule has 2 rings (SSSR count). The Balaban J connectivity index is 2.35. The molecule has 86 valence electrons. The van der Waals surface area contributed by atoms with E-state index in [1.165, 1.54) is 11.3 Å². The summed E-state index contributed by atoms with van der Waals surface area (Å²) in [6, 6.07) is 0. The summed E-state index contributed by atoms with van der Waals surface area (Å²) < 4.78 is 0. The number of hydrogen-bond donors (Lipinski definition) is 1. The van der Waals surface area contributed by atoms with E-state index in [1.807, 2.05) is 30.5 Å². The molecule has 0 spiro atoms. The van der Waals surface area contributed by atoms with Gasteiger partial charge in [-0.25, -0.2) is 4.98 Å². The molecule has 2 aromatic heterocycles. The summed E-state index contributed by atoms with van der Waals surface area (Å²) in [5.74, 6) is 0.514. The molecule has 0 fully saturated rings. The first-order chi connectivity index (χ1) is 8.35. The number of H-pyrrole nitrogens is 1. The van der Waals surface area contributed by atoms with Crippen LogP contribution in [0.1, 0.15) is 12.6 Å². The van der Waals surface area contributed by atoms with Gasteiger partial charge < -0.3 is 0 Å². The van der Waals surface area contributed by atoms with Crippen molar-refractivity contribution >= 4 is 16.9 Å². The van der Waals surface area contributed by atoms with Crippen molar-refractivity contribution in [3.8, 4) is 10.8 Å². The molecular formula is C11H11N5S. The van der Waals surface area contributed by atoms with Gasteiger partial charge in [-0.3, -0.25) is 0 Å². The van der Waals surface area contributed by atoms with E-state index >= 15 is 0 Å². The van der Waals surface area contributed by atoms with Crippen molar-refractivity contribution in [3.63, 3.8) is 0 Å². The zero-order valence-corrected chi connectivity index (χ0v) is 10.1. The Labute approximate surface area is 103 Å². The molecule has 0 bridgehead atoms. The summed E-state index contributed by atoms with van der Waals surface area (Å²) in [6.07, 6.45) is 7.59. The number of hydrogen-bond acceptors (Lipinski definition) is 5. The fraction of sp³-hybridized carbons (Fsp3) is 0.0909. The molecule has 0 saturated carbocycles. The second-order valence-corrected chi connectivity index (χ2v) is 3.99. The number of thiazole rings is 1. The maximum atomic E-state index is 4.46. The van der Waals surface area contributed by atoms with E-state index in [9.17, 15) is 0 Å². The largest absolute Gasteiger partial charge is 0.233 e. The lowest BCUT2D eigenvalue weighted by atomic mass is 10.2. The van der Waals surface area contributed by atoms with Gasteiger partial charge in [0.15, 0.2) is 5.01 Å². The molecule has 0 atom stereocenters. The van der Waals surface area contributed by atoms with Crippen LogP contribution in [0.25, 0.3) is 16.4 Å². The van der Waals surface area contributed by atoms with Crippen molar-refractivity contribution in [1.82, 2.24) is 25.6 Å². The van der Waals surface area contributed by atoms with Gasteiger partial charge in [-0.05, 0) is 12.1 Å². The van der Waals surface area contributed by atoms with Crippen molar-refractivity contribution in [2.45, 2.75) is 6.92 Å². The van der Waals surface area contributed by atoms with Crippen LogP contribution in [-0.2, 0) is 0 Å². The monoisotopic (exact) mass is 245 g/mol. The lowest BCUT2D eigenvalue weighted by Gasteiger charge is -1.94. The quantitative estimate of drug-likeness (QED) is 0.840. The number of rotatable bonds is 4. The standard InChI is InChI=1S/C11H11N5S/c1-3-5-8(6-4-2)9-7-17-11(12-9)10-13-15-16-14-10/h3-7H,1H2,2H3,(H,13,14,15,16)/b6-4-,8-5+. The third-order valence-corrected chi connectivity index (χ3v) is 2.82. The molecule has 0 amide bonds. The molecule has 2 heterocycles. The molecule has 0 aromatic carbocycles. The smallest absolute Gasteiger partial charge is 0.233 e. The Hall–Kier alpha value is -2.08. The highest BCUT2D eigenvalue weighted by atomic mass is 32.1. The Morgan fingerprint density at radius 1 is 1.53 bits per heavy atom. The van der Waals surface area contributed by atoms with Crippen LogP contribution in [0.5, 0.6) is 0 Å². The molecule has 0 saturated heterocycles. The lowest BCUT2D eigenvalue weighted by molar-refractivity contribution is 0.881. The van der Waals surface area contributed by atoms with E-state index < -0.39 is 0 Å². The number of tetrazole rings is 1. The molecule has 0 aliphatic carbocycles. The summed E-state index contributed by atoms with van der Waals surface area (Å²) in [5.41, 5.74) is 1.89. The second kappa shape index (κ2) is 5.31. The van der Waals surface area contributed by atoms with Crippen LogP contribution in [0.3, 0.4) is 0 Å². The van der Waals surface area contributed by atoms with E-state index in [0.717, 1.165) is 16.3 Å². The van der Waals surface area contributed by atoms with Crippen molar-refractivity contribution in [2.24, 2.45) is 0 Å². The number of nitrogens with one attached hydrogen (secondary N) is 1. The normalized spacial score (nSPS) is 12.2. The minimum Gasteiger partial charge on any atom is -0.233 e. The lowest BCUT2D eigenvalue weighted by Crippen LogP contribution is -1.83. The third-order valence-electron chi connectivity index (χ3n) is 1.98. The van der Waals surface area contributed by atoms with Gasteiger partial charge in [-0.2, -0.15) is 5.21 Å². The fourth-order valence-electron chi connectivity index (χ4n) is 1.29. The Bertz CT molecular complexity index is 550. The van der Waals surface area contributed by atoms with E-state index in [0.29, 0.717) is 5.82 Å². The molecule has 0 aliphatic rings. The van der Waals surface area contributed by atoms with Gasteiger partial charge in [0.25, 0.3) is 0 Å². The second-order valence-electron chi connectivity index (χ2n) is 3.13. The number of nitrogens with zero attached hydrogens (tertiary/aromatic N) is 4. The van der Waals surface area contributed by atoms with Crippen LogP contribution < -0.4 is 0 Å². The van der Waals surface area contributed by atoms with Crippen molar-refractivity contribution in [3.05, 3.63) is 42.0 Å². The zero-order chi connectivity index (χ0) is 12.1. The van der Waals surface area contributed by atoms with Gasteiger partial charge in [-0.15, -0.1) is 21.5 Å². The first-order valence-electron chi connectivity index (χ1n) is 5.00. The SMILES string of the molecule is C=C/C=C(\C=C/C)c1csc(-c2nn[nH]n2)n1. The third kappa shape index (κ3) is 2.54. The summed E-state index contributed by atoms with van der Waals surface area (Å²) in [4.78, 5) is 4.46. The molecule has 5 nitrogen and oxygen atoms in total. The van der Waals surface area contributed by atoms with Crippen molar-refractivity contribution in [2.75, 3.05) is 0 Å². The predicted molar refractivity (Wildman–Crippen MR) is 68.3 cm³/mol. The number of aromatic amines is 1. The van der Waals surface area contributed by atoms with Crippen molar-refractivity contribution < 1.29 is 0 Å². The predicted octanol–water partition coefficient (Wildman–Crippen LogP) is 2.47. The summed E-state index contributed by atoms with van der Waals surface area (Å²) in [5, 5.41) is 16.4. The molecule has 0 unspecified atom stereocenters. The Morgan fingerprint density at radius 3 is 3.06 bits per heavy atom. The van der Waals surface area contributed by atoms with Crippen LogP contribution in [-0.4, -0.2) is 25.6 Å². The van der Waals surface area contributed by atoms with Crippen LogP contribution >= 0.6 is 11.3 Å². The highest BCUT2D eigenvalue weighted by molar-refractivity contribution is 7.13. The van der Waals surface area contributed by atoms with Gasteiger partial charge >= 0.3 is 0 Å². The molecule has 1 N–H and O–H groups in total. The Kier molecular flexibility index (Phi) is 3.56. The molecule has 0 aliphatic heterocycles. The molecule has 6 heteroatoms. The fourth-order valence-corrected chi connectivity index (χ4v) is 2.05. The summed E-state index contributed by atoms with van der Waals surface area (Å²) in [6.45, 7) is 5.65. The average Bonchev–Trinajstić information content (AvgIpc) is 2.99. The van der Waals surface area contributed by atoms with Gasteiger partial charge in [-0.1, -0.05) is 30.9 Å². The Morgan fingerprint density at radius 2 is 2.41 bits per heavy atom. The minimum absolute atomic E-state index is 0.514. The van der Waals surface area contributed by atoms with E-state index in [-0.39, 0.29) is 0 Å². The first-order valence-corrected chi connectivity index (χ1v) is 5.88. The first kappa shape index (κ1) is 11.4. The number of allylic oxidation sites excluding steroid dienone is 5. The maximum Gasteiger partial charge on any atom is 0.233 e.